The van der Waals surface area contributed by atoms with Crippen LogP contribution in [0.3, 0.4) is 0 Å². The number of methoxy groups -OCH3 is 1. The van der Waals surface area contributed by atoms with E-state index in [9.17, 15) is 14.7 Å². The second kappa shape index (κ2) is 12.7. The van der Waals surface area contributed by atoms with Crippen LogP contribution in [-0.2, 0) is 30.7 Å². The van der Waals surface area contributed by atoms with E-state index in [1.807, 2.05) is 24.3 Å². The molecule has 47 heavy (non-hydrogen) atoms. The van der Waals surface area contributed by atoms with Crippen LogP contribution in [-0.4, -0.2) is 53.1 Å². The third kappa shape index (κ3) is 6.21. The highest BCUT2D eigenvalue weighted by atomic mass is 35.5. The summed E-state index contributed by atoms with van der Waals surface area (Å²) in [4.78, 5) is 32.8. The number of halogens is 2. The lowest BCUT2D eigenvalue weighted by Gasteiger charge is -2.20. The van der Waals surface area contributed by atoms with E-state index in [2.05, 4.69) is 33.6 Å². The van der Waals surface area contributed by atoms with E-state index in [1.54, 1.807) is 25.3 Å². The van der Waals surface area contributed by atoms with Gasteiger partial charge in [-0.05, 0) is 68.0 Å². The van der Waals surface area contributed by atoms with E-state index in [4.69, 9.17) is 32.7 Å². The predicted octanol–water partition coefficient (Wildman–Crippen LogP) is 7.14. The van der Waals surface area contributed by atoms with E-state index in [-0.39, 0.29) is 12.0 Å². The molecule has 1 saturated carbocycles. The molecule has 7 rings (SSSR count). The Hall–Kier alpha value is -3.67. The molecule has 9 nitrogen and oxygen atoms in total. The number of amides is 1. The number of rotatable bonds is 10. The molecule has 0 spiro atoms. The monoisotopic (exact) mass is 692 g/mol. The Morgan fingerprint density at radius 2 is 1.89 bits per heavy atom. The Bertz CT molecular complexity index is 1890. The number of hydrogen-bond donors (Lipinski definition) is 3. The predicted molar refractivity (Wildman–Crippen MR) is 183 cm³/mol. The van der Waals surface area contributed by atoms with Crippen LogP contribution < -0.4 is 20.1 Å². The van der Waals surface area contributed by atoms with Gasteiger partial charge in [0.25, 0.3) is 5.91 Å². The number of carboxylic acid groups (broad SMARTS) is 1. The number of benzene rings is 3. The molecule has 1 fully saturated rings. The molecule has 1 atom stereocenters. The third-order valence-electron chi connectivity index (χ3n) is 9.25. The van der Waals surface area contributed by atoms with Crippen molar-refractivity contribution in [1.29, 1.82) is 0 Å². The molecule has 0 bridgehead atoms. The molecule has 3 aliphatic rings. The number of ether oxygens (including phenoxy) is 2. The number of thiazole rings is 1. The lowest BCUT2D eigenvalue weighted by molar-refractivity contribution is -0.140. The minimum Gasteiger partial charge on any atom is -0.496 e. The number of nitrogens with zero attached hydrogens (tertiary/aromatic N) is 2. The number of aliphatic carboxylic acids is 1. The second-order valence-electron chi connectivity index (χ2n) is 12.4. The molecule has 244 valence electrons. The van der Waals surface area contributed by atoms with E-state index in [0.717, 1.165) is 65.9 Å². The van der Waals surface area contributed by atoms with Crippen molar-refractivity contribution in [2.45, 2.75) is 56.8 Å². The minimum absolute atomic E-state index is 0.241. The van der Waals surface area contributed by atoms with Crippen LogP contribution in [0.15, 0.2) is 48.5 Å². The van der Waals surface area contributed by atoms with Crippen molar-refractivity contribution in [1.82, 2.24) is 15.2 Å². The van der Waals surface area contributed by atoms with Crippen LogP contribution in [0, 0.1) is 0 Å². The van der Waals surface area contributed by atoms with Gasteiger partial charge in [-0.2, -0.15) is 0 Å². The fraction of sp³-hybridized carbons (Fsp3) is 0.343. The third-order valence-corrected chi connectivity index (χ3v) is 11.1. The first-order valence-electron chi connectivity index (χ1n) is 15.6. The second-order valence-corrected chi connectivity index (χ2v) is 14.2. The van der Waals surface area contributed by atoms with Crippen molar-refractivity contribution in [2.75, 3.05) is 26.0 Å². The fourth-order valence-electron chi connectivity index (χ4n) is 6.43. The van der Waals surface area contributed by atoms with Gasteiger partial charge in [0.1, 0.15) is 23.1 Å². The number of carboxylic acids is 1. The van der Waals surface area contributed by atoms with Crippen molar-refractivity contribution in [3.8, 4) is 22.6 Å². The molecule has 0 radical (unpaired) electrons. The lowest BCUT2D eigenvalue weighted by Crippen LogP contribution is -2.38. The van der Waals surface area contributed by atoms with Gasteiger partial charge in [0.05, 0.1) is 28.5 Å². The standard InChI is InChI=1S/C35H34Cl2N4O5S/c1-41-14-11-30-26(18-41)40-33(47-30)32(42)39-25-8-4-7-23(31(25)37)20-5-3-6-22-21(20)9-10-27(22)46-29-16-28(45-2)19(15-24(29)36)17-38-35(12-13-35)34(43)44/h3-8,15-16,27,38H,9-14,17-18H2,1-2H3,(H,39,42)(H,43,44). The van der Waals surface area contributed by atoms with Gasteiger partial charge in [-0.3, -0.25) is 14.9 Å². The maximum absolute atomic E-state index is 13.2. The lowest BCUT2D eigenvalue weighted by atomic mass is 9.96. The van der Waals surface area contributed by atoms with Crippen molar-refractivity contribution in [2.24, 2.45) is 0 Å². The molecule has 2 aliphatic carbocycles. The Labute approximate surface area is 286 Å². The first kappa shape index (κ1) is 31.9. The fourth-order valence-corrected chi connectivity index (χ4v) is 7.89. The smallest absolute Gasteiger partial charge is 0.323 e. The van der Waals surface area contributed by atoms with E-state index >= 15 is 0 Å². The van der Waals surface area contributed by atoms with E-state index < -0.39 is 11.5 Å². The molecule has 1 amide bonds. The summed E-state index contributed by atoms with van der Waals surface area (Å²) in [5.74, 6) is -0.0448. The van der Waals surface area contributed by atoms with Gasteiger partial charge in [-0.25, -0.2) is 4.98 Å². The minimum atomic E-state index is -0.871. The zero-order valence-electron chi connectivity index (χ0n) is 26.0. The van der Waals surface area contributed by atoms with Gasteiger partial charge in [-0.15, -0.1) is 11.3 Å². The van der Waals surface area contributed by atoms with Gasteiger partial charge < -0.3 is 24.8 Å². The van der Waals surface area contributed by atoms with Crippen LogP contribution >= 0.6 is 34.5 Å². The highest BCUT2D eigenvalue weighted by Gasteiger charge is 2.50. The number of aromatic nitrogens is 1. The van der Waals surface area contributed by atoms with E-state index in [1.165, 1.54) is 16.2 Å². The molecule has 1 unspecified atom stereocenters. The highest BCUT2D eigenvalue weighted by molar-refractivity contribution is 7.13. The Morgan fingerprint density at radius 1 is 1.11 bits per heavy atom. The summed E-state index contributed by atoms with van der Waals surface area (Å²) in [7, 11) is 3.63. The average molecular weight is 694 g/mol. The molecular weight excluding hydrogens is 659 g/mol. The molecule has 4 aromatic rings. The summed E-state index contributed by atoms with van der Waals surface area (Å²) >= 11 is 15.1. The summed E-state index contributed by atoms with van der Waals surface area (Å²) in [6, 6.07) is 15.3. The highest BCUT2D eigenvalue weighted by Crippen LogP contribution is 2.45. The number of carbonyl (C=O) groups excluding carboxylic acids is 1. The van der Waals surface area contributed by atoms with Crippen molar-refractivity contribution >= 4 is 52.1 Å². The number of nitrogens with one attached hydrogen (secondary N) is 2. The van der Waals surface area contributed by atoms with E-state index in [0.29, 0.717) is 51.6 Å². The summed E-state index contributed by atoms with van der Waals surface area (Å²) in [6.07, 6.45) is 3.37. The first-order chi connectivity index (χ1) is 22.7. The Morgan fingerprint density at radius 3 is 2.66 bits per heavy atom. The van der Waals surface area contributed by atoms with Crippen LogP contribution in [0.25, 0.3) is 11.1 Å². The average Bonchev–Trinajstić information content (AvgIpc) is 3.57. The normalized spacial score (nSPS) is 17.9. The number of likely N-dealkylation sites (N-methyl/N-ethyl adjacent to an activating group) is 1. The molecule has 12 heteroatoms. The quantitative estimate of drug-likeness (QED) is 0.161. The molecule has 3 aromatic carbocycles. The van der Waals surface area contributed by atoms with Crippen LogP contribution in [0.4, 0.5) is 5.69 Å². The summed E-state index contributed by atoms with van der Waals surface area (Å²) in [5, 5.41) is 17.0. The zero-order valence-corrected chi connectivity index (χ0v) is 28.3. The van der Waals surface area contributed by atoms with Gasteiger partial charge >= 0.3 is 5.97 Å². The summed E-state index contributed by atoms with van der Waals surface area (Å²) < 4.78 is 12.1. The zero-order chi connectivity index (χ0) is 32.9. The summed E-state index contributed by atoms with van der Waals surface area (Å²) in [5.41, 5.74) is 5.39. The molecule has 1 aromatic heterocycles. The SMILES string of the molecule is COc1cc(OC2CCc3c(-c4cccc(NC(=O)c5nc6c(s5)CCN(C)C6)c4Cl)cccc32)c(Cl)cc1CNC1(C(=O)O)CC1. The topological polar surface area (TPSA) is 113 Å². The van der Waals surface area contributed by atoms with Crippen molar-refractivity contribution in [3.63, 3.8) is 0 Å². The maximum atomic E-state index is 13.2. The van der Waals surface area contributed by atoms with Crippen LogP contribution in [0.5, 0.6) is 11.5 Å². The van der Waals surface area contributed by atoms with Crippen molar-refractivity contribution < 1.29 is 24.2 Å². The number of anilines is 1. The number of carbonyl (C=O) groups is 2. The molecule has 3 N–H and O–H groups in total. The van der Waals surface area contributed by atoms with Crippen molar-refractivity contribution in [3.05, 3.63) is 90.8 Å². The molecule has 0 saturated heterocycles. The van der Waals surface area contributed by atoms with Crippen LogP contribution in [0.2, 0.25) is 10.0 Å². The number of fused-ring (bicyclic) bond motifs is 2. The molecule has 2 heterocycles. The molecule has 1 aliphatic heterocycles. The Kier molecular flexibility index (Phi) is 8.65. The molecular formula is C35H34Cl2N4O5S. The largest absolute Gasteiger partial charge is 0.496 e. The first-order valence-corrected chi connectivity index (χ1v) is 17.1. The van der Waals surface area contributed by atoms with Crippen LogP contribution in [0.1, 0.15) is 62.4 Å². The van der Waals surface area contributed by atoms with Gasteiger partial charge in [-0.1, -0.05) is 53.5 Å². The maximum Gasteiger partial charge on any atom is 0.323 e. The van der Waals surface area contributed by atoms with Gasteiger partial charge in [0.15, 0.2) is 5.01 Å². The summed E-state index contributed by atoms with van der Waals surface area (Å²) in [6.45, 7) is 2.02. The van der Waals surface area contributed by atoms with Gasteiger partial charge in [0, 0.05) is 41.7 Å². The number of hydrogen-bond acceptors (Lipinski definition) is 8. The Balaban J connectivity index is 1.10. The van der Waals surface area contributed by atoms with Gasteiger partial charge in [0.2, 0.25) is 0 Å².